The predicted octanol–water partition coefficient (Wildman–Crippen LogP) is 5.11. The summed E-state index contributed by atoms with van der Waals surface area (Å²) in [5.41, 5.74) is 3.74. The number of rotatable bonds is 4. The van der Waals surface area contributed by atoms with E-state index in [1.54, 1.807) is 0 Å². The molecule has 0 radical (unpaired) electrons. The molecule has 1 N–H and O–H groups in total. The maximum atomic E-state index is 13.1. The van der Waals surface area contributed by atoms with Crippen LogP contribution in [0.3, 0.4) is 0 Å². The van der Waals surface area contributed by atoms with Crippen molar-refractivity contribution in [2.24, 2.45) is 0 Å². The van der Waals surface area contributed by atoms with Crippen LogP contribution in [0.2, 0.25) is 0 Å². The van der Waals surface area contributed by atoms with Crippen LogP contribution < -0.4 is 0 Å². The molecule has 26 heavy (non-hydrogen) atoms. The molecule has 0 saturated carbocycles. The van der Waals surface area contributed by atoms with Gasteiger partial charge in [0, 0.05) is 16.7 Å². The SMILES string of the molecule is O=C(c1ccc(F)cc1)c1nc(-c2ccccc2)c(-c2ccccc2)[nH]1. The maximum Gasteiger partial charge on any atom is 0.228 e. The number of H-pyrrole nitrogens is 1. The van der Waals surface area contributed by atoms with Gasteiger partial charge in [0.1, 0.15) is 5.82 Å². The molecule has 0 fully saturated rings. The molecular weight excluding hydrogens is 327 g/mol. The molecule has 126 valence electrons. The Hall–Kier alpha value is -3.53. The average Bonchev–Trinajstić information content (AvgIpc) is 3.15. The van der Waals surface area contributed by atoms with Gasteiger partial charge in [-0.2, -0.15) is 0 Å². The van der Waals surface area contributed by atoms with E-state index < -0.39 is 0 Å². The number of halogens is 1. The zero-order valence-corrected chi connectivity index (χ0v) is 13.8. The van der Waals surface area contributed by atoms with E-state index in [2.05, 4.69) is 9.97 Å². The molecule has 0 spiro atoms. The van der Waals surface area contributed by atoms with Gasteiger partial charge < -0.3 is 4.98 Å². The van der Waals surface area contributed by atoms with E-state index in [1.165, 1.54) is 24.3 Å². The first-order chi connectivity index (χ1) is 12.7. The van der Waals surface area contributed by atoms with Crippen LogP contribution in [-0.4, -0.2) is 15.8 Å². The minimum Gasteiger partial charge on any atom is -0.335 e. The van der Waals surface area contributed by atoms with E-state index >= 15 is 0 Å². The fourth-order valence-electron chi connectivity index (χ4n) is 2.84. The number of benzene rings is 3. The minimum absolute atomic E-state index is 0.231. The van der Waals surface area contributed by atoms with Crippen molar-refractivity contribution >= 4 is 5.78 Å². The largest absolute Gasteiger partial charge is 0.335 e. The van der Waals surface area contributed by atoms with Crippen molar-refractivity contribution in [3.8, 4) is 22.5 Å². The number of carbonyl (C=O) groups excluding carboxylic acids is 1. The van der Waals surface area contributed by atoms with Crippen LogP contribution in [0.25, 0.3) is 22.5 Å². The smallest absolute Gasteiger partial charge is 0.228 e. The first-order valence-electron chi connectivity index (χ1n) is 8.23. The predicted molar refractivity (Wildman–Crippen MR) is 99.3 cm³/mol. The first-order valence-corrected chi connectivity index (χ1v) is 8.23. The molecule has 1 heterocycles. The summed E-state index contributed by atoms with van der Waals surface area (Å²) in [7, 11) is 0. The topological polar surface area (TPSA) is 45.8 Å². The van der Waals surface area contributed by atoms with Crippen molar-refractivity contribution in [2.45, 2.75) is 0 Å². The third kappa shape index (κ3) is 3.05. The van der Waals surface area contributed by atoms with Crippen molar-refractivity contribution in [1.82, 2.24) is 9.97 Å². The Morgan fingerprint density at radius 1 is 0.769 bits per heavy atom. The van der Waals surface area contributed by atoms with E-state index in [9.17, 15) is 9.18 Å². The summed E-state index contributed by atoms with van der Waals surface area (Å²) in [5.74, 6) is -0.422. The standard InChI is InChI=1S/C22H15FN2O/c23-18-13-11-17(12-14-18)21(26)22-24-19(15-7-3-1-4-8-15)20(25-22)16-9-5-2-6-10-16/h1-14H,(H,24,25). The Bertz CT molecular complexity index is 982. The van der Waals surface area contributed by atoms with Crippen molar-refractivity contribution < 1.29 is 9.18 Å². The zero-order chi connectivity index (χ0) is 17.9. The summed E-state index contributed by atoms with van der Waals surface area (Å²) in [6, 6.07) is 24.9. The number of hydrogen-bond donors (Lipinski definition) is 1. The quantitative estimate of drug-likeness (QED) is 0.524. The zero-order valence-electron chi connectivity index (χ0n) is 13.8. The van der Waals surface area contributed by atoms with Gasteiger partial charge in [-0.15, -0.1) is 0 Å². The van der Waals surface area contributed by atoms with Crippen LogP contribution in [0.4, 0.5) is 4.39 Å². The molecule has 4 aromatic rings. The second kappa shape index (κ2) is 6.76. The van der Waals surface area contributed by atoms with Gasteiger partial charge in [-0.3, -0.25) is 4.79 Å². The highest BCUT2D eigenvalue weighted by Gasteiger charge is 2.19. The van der Waals surface area contributed by atoms with Crippen molar-refractivity contribution in [3.05, 3.63) is 102 Å². The molecule has 0 aliphatic heterocycles. The van der Waals surface area contributed by atoms with Crippen LogP contribution in [0.5, 0.6) is 0 Å². The Kier molecular flexibility index (Phi) is 4.15. The molecule has 0 aliphatic rings. The normalized spacial score (nSPS) is 10.7. The lowest BCUT2D eigenvalue weighted by atomic mass is 10.1. The molecule has 3 nitrogen and oxygen atoms in total. The van der Waals surface area contributed by atoms with Gasteiger partial charge in [0.2, 0.25) is 5.78 Å². The number of hydrogen-bond acceptors (Lipinski definition) is 2. The third-order valence-electron chi connectivity index (χ3n) is 4.13. The molecule has 0 unspecified atom stereocenters. The van der Waals surface area contributed by atoms with Crippen LogP contribution in [-0.2, 0) is 0 Å². The lowest BCUT2D eigenvalue weighted by molar-refractivity contribution is 0.103. The summed E-state index contributed by atoms with van der Waals surface area (Å²) in [6.45, 7) is 0. The number of nitrogens with one attached hydrogen (secondary N) is 1. The van der Waals surface area contributed by atoms with Gasteiger partial charge >= 0.3 is 0 Å². The van der Waals surface area contributed by atoms with Gasteiger partial charge in [-0.25, -0.2) is 9.37 Å². The van der Waals surface area contributed by atoms with E-state index in [0.29, 0.717) is 11.3 Å². The molecule has 0 saturated heterocycles. The molecule has 1 aromatic heterocycles. The molecular formula is C22H15FN2O. The second-order valence-corrected chi connectivity index (χ2v) is 5.88. The van der Waals surface area contributed by atoms with Crippen molar-refractivity contribution in [1.29, 1.82) is 0 Å². The van der Waals surface area contributed by atoms with Crippen molar-refractivity contribution in [2.75, 3.05) is 0 Å². The van der Waals surface area contributed by atoms with E-state index in [4.69, 9.17) is 0 Å². The lowest BCUT2D eigenvalue weighted by Gasteiger charge is -2.02. The third-order valence-corrected chi connectivity index (χ3v) is 4.13. The maximum absolute atomic E-state index is 13.1. The van der Waals surface area contributed by atoms with Gasteiger partial charge in [-0.05, 0) is 24.3 Å². The number of nitrogens with zero attached hydrogens (tertiary/aromatic N) is 1. The van der Waals surface area contributed by atoms with Gasteiger partial charge in [0.05, 0.1) is 11.4 Å². The Morgan fingerprint density at radius 3 is 1.96 bits per heavy atom. The Balaban J connectivity index is 1.83. The van der Waals surface area contributed by atoms with E-state index in [1.807, 2.05) is 60.7 Å². The number of carbonyl (C=O) groups is 1. The van der Waals surface area contributed by atoms with Gasteiger partial charge in [0.15, 0.2) is 5.82 Å². The van der Waals surface area contributed by atoms with Gasteiger partial charge in [0.25, 0.3) is 0 Å². The highest BCUT2D eigenvalue weighted by atomic mass is 19.1. The number of ketones is 1. The highest BCUT2D eigenvalue weighted by Crippen LogP contribution is 2.30. The van der Waals surface area contributed by atoms with E-state index in [-0.39, 0.29) is 17.4 Å². The summed E-state index contributed by atoms with van der Waals surface area (Å²) >= 11 is 0. The molecule has 3 aromatic carbocycles. The molecule has 0 bridgehead atoms. The number of aromatic nitrogens is 2. The van der Waals surface area contributed by atoms with Crippen LogP contribution in [0.1, 0.15) is 16.2 Å². The summed E-state index contributed by atoms with van der Waals surface area (Å²) in [4.78, 5) is 20.5. The molecule has 0 amide bonds. The summed E-state index contributed by atoms with van der Waals surface area (Å²) in [6.07, 6.45) is 0. The second-order valence-electron chi connectivity index (χ2n) is 5.88. The first kappa shape index (κ1) is 16.0. The summed E-state index contributed by atoms with van der Waals surface area (Å²) < 4.78 is 13.1. The summed E-state index contributed by atoms with van der Waals surface area (Å²) in [5, 5.41) is 0. The fraction of sp³-hybridized carbons (Fsp3) is 0. The molecule has 4 heteroatoms. The monoisotopic (exact) mass is 342 g/mol. The average molecular weight is 342 g/mol. The van der Waals surface area contributed by atoms with Crippen molar-refractivity contribution in [3.63, 3.8) is 0 Å². The van der Waals surface area contributed by atoms with Crippen LogP contribution in [0, 0.1) is 5.82 Å². The Labute approximate surface area is 150 Å². The minimum atomic E-state index is -0.379. The van der Waals surface area contributed by atoms with Crippen LogP contribution in [0.15, 0.2) is 84.9 Å². The number of aromatic amines is 1. The van der Waals surface area contributed by atoms with E-state index in [0.717, 1.165) is 16.8 Å². The van der Waals surface area contributed by atoms with Gasteiger partial charge in [-0.1, -0.05) is 60.7 Å². The highest BCUT2D eigenvalue weighted by molar-refractivity contribution is 6.07. The number of imidazole rings is 1. The molecule has 0 aliphatic carbocycles. The lowest BCUT2D eigenvalue weighted by Crippen LogP contribution is -2.03. The molecule has 4 rings (SSSR count). The fourth-order valence-corrected chi connectivity index (χ4v) is 2.84. The Morgan fingerprint density at radius 2 is 1.35 bits per heavy atom. The molecule has 0 atom stereocenters. The van der Waals surface area contributed by atoms with Crippen LogP contribution >= 0.6 is 0 Å².